The minimum absolute atomic E-state index is 0. The van der Waals surface area contributed by atoms with E-state index in [0.29, 0.717) is 0 Å². The third kappa shape index (κ3) is 2.80. The first-order valence-corrected chi connectivity index (χ1v) is 2.07. The molecule has 0 fully saturated rings. The summed E-state index contributed by atoms with van der Waals surface area (Å²) in [5.41, 5.74) is -0.855. The minimum Gasteiger partial charge on any atom is -0.314 e. The van der Waals surface area contributed by atoms with Crippen LogP contribution in [0.2, 0.25) is 0 Å². The van der Waals surface area contributed by atoms with Gasteiger partial charge in [-0.25, -0.2) is 4.79 Å². The number of nitrogens with zero attached hydrogens (tertiary/aromatic N) is 2. The van der Waals surface area contributed by atoms with Gasteiger partial charge < -0.3 is 4.98 Å². The van der Waals surface area contributed by atoms with E-state index in [9.17, 15) is 9.59 Å². The van der Waals surface area contributed by atoms with Crippen molar-refractivity contribution in [1.82, 2.24) is 22.3 Å². The monoisotopic (exact) mass is 140 g/mol. The number of hydrogen-bond donors (Lipinski definition) is 2. The summed E-state index contributed by atoms with van der Waals surface area (Å²) in [5, 5.41) is 0. The molecule has 6 radical (unpaired) electrons. The molecule has 0 aliphatic heterocycles. The molecule has 0 amide bonds. The summed E-state index contributed by atoms with van der Waals surface area (Å²) < 4.78 is 0. The summed E-state index contributed by atoms with van der Waals surface area (Å²) in [6.07, 6.45) is 1.29. The lowest BCUT2D eigenvalue weighted by Gasteiger charge is -1.75. The predicted molar refractivity (Wildman–Crippen MR) is 32.0 cm³/mol. The first-order valence-electron chi connectivity index (χ1n) is 2.07. The largest absolute Gasteiger partial charge is 0.325 e. The van der Waals surface area contributed by atoms with Crippen molar-refractivity contribution in [3.8, 4) is 0 Å². The molecule has 1 aromatic rings. The van der Waals surface area contributed by atoms with Crippen LogP contribution in [0, 0.1) is 0 Å². The SMILES string of the molecule is O=c1cc[nH]c(=O)[nH]1.[N].[N]. The van der Waals surface area contributed by atoms with E-state index in [1.807, 2.05) is 4.98 Å². The smallest absolute Gasteiger partial charge is 0.314 e. The maximum Gasteiger partial charge on any atom is 0.325 e. The fourth-order valence-corrected chi connectivity index (χ4v) is 0.383. The van der Waals surface area contributed by atoms with Gasteiger partial charge in [0.15, 0.2) is 0 Å². The van der Waals surface area contributed by atoms with E-state index in [1.165, 1.54) is 12.3 Å². The quantitative estimate of drug-likeness (QED) is 0.436. The van der Waals surface area contributed by atoms with Crippen molar-refractivity contribution >= 4 is 0 Å². The third-order valence-electron chi connectivity index (χ3n) is 0.686. The number of nitrogens with one attached hydrogen (secondary N) is 2. The van der Waals surface area contributed by atoms with E-state index in [2.05, 4.69) is 4.98 Å². The third-order valence-corrected chi connectivity index (χ3v) is 0.686. The normalized spacial score (nSPS) is 7.20. The first kappa shape index (κ1) is 11.4. The molecule has 10 heavy (non-hydrogen) atoms. The van der Waals surface area contributed by atoms with Crippen LogP contribution in [-0.2, 0) is 0 Å². The molecule has 0 unspecified atom stereocenters. The highest BCUT2D eigenvalue weighted by atomic mass is 16.2. The Bertz CT molecular complexity index is 250. The summed E-state index contributed by atoms with van der Waals surface area (Å²) in [6, 6.07) is 1.24. The fraction of sp³-hybridized carbons (Fsp3) is 0. The minimum atomic E-state index is -0.475. The zero-order valence-corrected chi connectivity index (χ0v) is 4.87. The molecule has 52 valence electrons. The molecule has 1 aromatic heterocycles. The first-order chi connectivity index (χ1) is 3.79. The molecular formula is C4H4N4O2. The summed E-state index contributed by atoms with van der Waals surface area (Å²) in [4.78, 5) is 24.7. The van der Waals surface area contributed by atoms with Gasteiger partial charge in [0.25, 0.3) is 5.56 Å². The molecule has 0 atom stereocenters. The average Bonchev–Trinajstić information content (AvgIpc) is 1.64. The second-order valence-corrected chi connectivity index (χ2v) is 1.30. The van der Waals surface area contributed by atoms with E-state index in [1.54, 1.807) is 0 Å². The van der Waals surface area contributed by atoms with Gasteiger partial charge in [-0.2, -0.15) is 0 Å². The Morgan fingerprint density at radius 2 is 1.80 bits per heavy atom. The lowest BCUT2D eigenvalue weighted by molar-refractivity contribution is 1.04. The van der Waals surface area contributed by atoms with Crippen LogP contribution in [-0.4, -0.2) is 9.97 Å². The zero-order chi connectivity index (χ0) is 5.98. The van der Waals surface area contributed by atoms with Crippen LogP contribution < -0.4 is 23.6 Å². The van der Waals surface area contributed by atoms with Gasteiger partial charge in [0, 0.05) is 24.6 Å². The van der Waals surface area contributed by atoms with Crippen LogP contribution in [0.1, 0.15) is 0 Å². The maximum absolute atomic E-state index is 10.2. The van der Waals surface area contributed by atoms with Gasteiger partial charge in [0.1, 0.15) is 0 Å². The number of aromatic amines is 2. The lowest BCUT2D eigenvalue weighted by Crippen LogP contribution is -2.19. The average molecular weight is 140 g/mol. The van der Waals surface area contributed by atoms with Crippen LogP contribution in [0.5, 0.6) is 0 Å². The molecule has 0 aliphatic rings. The molecule has 0 spiro atoms. The van der Waals surface area contributed by atoms with Crippen molar-refractivity contribution in [2.75, 3.05) is 0 Å². The van der Waals surface area contributed by atoms with Crippen molar-refractivity contribution in [2.45, 2.75) is 0 Å². The van der Waals surface area contributed by atoms with Gasteiger partial charge >= 0.3 is 5.69 Å². The van der Waals surface area contributed by atoms with Crippen LogP contribution in [0.4, 0.5) is 0 Å². The van der Waals surface area contributed by atoms with Crippen LogP contribution in [0.3, 0.4) is 0 Å². The second-order valence-electron chi connectivity index (χ2n) is 1.30. The van der Waals surface area contributed by atoms with Gasteiger partial charge in [-0.1, -0.05) is 0 Å². The van der Waals surface area contributed by atoms with Crippen molar-refractivity contribution in [3.05, 3.63) is 33.1 Å². The van der Waals surface area contributed by atoms with E-state index < -0.39 is 5.69 Å². The van der Waals surface area contributed by atoms with Crippen LogP contribution >= 0.6 is 0 Å². The van der Waals surface area contributed by atoms with Crippen LogP contribution in [0.15, 0.2) is 21.9 Å². The molecule has 1 heterocycles. The van der Waals surface area contributed by atoms with Gasteiger partial charge in [0.05, 0.1) is 0 Å². The van der Waals surface area contributed by atoms with E-state index in [0.717, 1.165) is 0 Å². The highest BCUT2D eigenvalue weighted by Gasteiger charge is 1.77. The Kier molecular flexibility index (Phi) is 5.10. The molecule has 0 bridgehead atoms. The number of hydrogen-bond acceptors (Lipinski definition) is 2. The van der Waals surface area contributed by atoms with E-state index in [-0.39, 0.29) is 17.9 Å². The van der Waals surface area contributed by atoms with Crippen molar-refractivity contribution < 1.29 is 0 Å². The summed E-state index contributed by atoms with van der Waals surface area (Å²) in [6.45, 7) is 0. The number of H-pyrrole nitrogens is 2. The molecule has 0 aromatic carbocycles. The van der Waals surface area contributed by atoms with Gasteiger partial charge in [-0.05, 0) is 0 Å². The highest BCUT2D eigenvalue weighted by molar-refractivity contribution is 4.77. The highest BCUT2D eigenvalue weighted by Crippen LogP contribution is 1.51. The molecule has 6 nitrogen and oxygen atoms in total. The van der Waals surface area contributed by atoms with Crippen molar-refractivity contribution in [1.29, 1.82) is 0 Å². The Hall–Kier alpha value is -1.40. The summed E-state index contributed by atoms with van der Waals surface area (Å²) >= 11 is 0. The molecule has 6 heteroatoms. The summed E-state index contributed by atoms with van der Waals surface area (Å²) in [5.74, 6) is 0. The molecule has 2 N–H and O–H groups in total. The van der Waals surface area contributed by atoms with Crippen molar-refractivity contribution in [2.24, 2.45) is 0 Å². The van der Waals surface area contributed by atoms with Gasteiger partial charge in [-0.15, -0.1) is 0 Å². The molecular weight excluding hydrogens is 136 g/mol. The lowest BCUT2D eigenvalue weighted by atomic mass is 10.7. The predicted octanol–water partition coefficient (Wildman–Crippen LogP) is -1.90. The molecule has 1 rings (SSSR count). The van der Waals surface area contributed by atoms with Crippen LogP contribution in [0.25, 0.3) is 0 Å². The Morgan fingerprint density at radius 1 is 1.20 bits per heavy atom. The molecule has 0 saturated carbocycles. The van der Waals surface area contributed by atoms with E-state index >= 15 is 0 Å². The fourth-order valence-electron chi connectivity index (χ4n) is 0.383. The Labute approximate surface area is 56.5 Å². The van der Waals surface area contributed by atoms with Gasteiger partial charge in [-0.3, -0.25) is 9.78 Å². The van der Waals surface area contributed by atoms with E-state index in [4.69, 9.17) is 0 Å². The number of aromatic nitrogens is 2. The Balaban J connectivity index is 0. The molecule has 0 saturated heterocycles. The topological polar surface area (TPSA) is 127 Å². The Morgan fingerprint density at radius 3 is 2.10 bits per heavy atom. The number of rotatable bonds is 0. The zero-order valence-electron chi connectivity index (χ0n) is 4.87. The maximum atomic E-state index is 10.2. The standard InChI is InChI=1S/C4H4N2O2.2N/c7-3-1-2-5-4(8)6-3;;/h1-2H,(H2,5,6,7,8);;. The second kappa shape index (κ2) is 4.48. The van der Waals surface area contributed by atoms with Gasteiger partial charge in [0.2, 0.25) is 0 Å². The molecule has 0 aliphatic carbocycles. The van der Waals surface area contributed by atoms with Crippen molar-refractivity contribution in [3.63, 3.8) is 0 Å². The summed E-state index contributed by atoms with van der Waals surface area (Å²) in [7, 11) is 0.